The zero-order chi connectivity index (χ0) is 13.1. The van der Waals surface area contributed by atoms with Crippen LogP contribution in [0.3, 0.4) is 0 Å². The first-order chi connectivity index (χ1) is 8.63. The molecule has 18 heavy (non-hydrogen) atoms. The van der Waals surface area contributed by atoms with Gasteiger partial charge in [0.2, 0.25) is 0 Å². The zero-order valence-electron chi connectivity index (χ0n) is 10.3. The minimum Gasteiger partial charge on any atom is -0.479 e. The number of ether oxygens (including phenoxy) is 1. The predicted octanol–water partition coefficient (Wildman–Crippen LogP) is 3.10. The van der Waals surface area contributed by atoms with Crippen LogP contribution in [0.5, 0.6) is 5.75 Å². The lowest BCUT2D eigenvalue weighted by molar-refractivity contribution is -0.145. The van der Waals surface area contributed by atoms with Gasteiger partial charge < -0.3 is 9.84 Å². The third-order valence-corrected chi connectivity index (χ3v) is 3.79. The first-order valence-corrected chi connectivity index (χ1v) is 6.74. The second-order valence-electron chi connectivity index (χ2n) is 3.94. The summed E-state index contributed by atoms with van der Waals surface area (Å²) in [6, 6.07) is 5.50. The van der Waals surface area contributed by atoms with Crippen LogP contribution in [0, 0.1) is 0 Å². The van der Waals surface area contributed by atoms with Gasteiger partial charge in [0.05, 0.1) is 15.2 Å². The Bertz CT molecular complexity index is 564. The molecule has 0 amide bonds. The molecule has 0 fully saturated rings. The number of rotatable bonds is 5. The number of thiazole rings is 1. The number of carbonyl (C=O) groups is 1. The van der Waals surface area contributed by atoms with Crippen LogP contribution in [0.2, 0.25) is 0 Å². The lowest BCUT2D eigenvalue weighted by Crippen LogP contribution is -2.25. The fraction of sp³-hybridized carbons (Fsp3) is 0.385. The number of nitrogens with zero attached hydrogens (tertiary/aromatic N) is 1. The Balaban J connectivity index is 2.26. The molecule has 2 aromatic rings. The highest BCUT2D eigenvalue weighted by Crippen LogP contribution is 2.27. The number of hydrogen-bond donors (Lipinski definition) is 1. The molecule has 0 radical (unpaired) electrons. The van der Waals surface area contributed by atoms with Crippen LogP contribution in [0.4, 0.5) is 0 Å². The van der Waals surface area contributed by atoms with Crippen molar-refractivity contribution in [2.45, 2.75) is 32.8 Å². The lowest BCUT2D eigenvalue weighted by atomic mass is 10.2. The molecule has 2 rings (SSSR count). The van der Waals surface area contributed by atoms with Crippen molar-refractivity contribution in [3.05, 3.63) is 23.2 Å². The summed E-state index contributed by atoms with van der Waals surface area (Å²) in [4.78, 5) is 15.4. The zero-order valence-corrected chi connectivity index (χ0v) is 11.2. The molecule has 1 heterocycles. The topological polar surface area (TPSA) is 59.4 Å². The number of fused-ring (bicyclic) bond motifs is 1. The number of carboxylic acid groups (broad SMARTS) is 1. The van der Waals surface area contributed by atoms with Crippen molar-refractivity contribution in [3.8, 4) is 5.75 Å². The summed E-state index contributed by atoms with van der Waals surface area (Å²) in [5.74, 6) is -0.348. The first-order valence-electron chi connectivity index (χ1n) is 5.93. The van der Waals surface area contributed by atoms with Crippen molar-refractivity contribution in [2.24, 2.45) is 0 Å². The molecule has 1 atom stereocenters. The summed E-state index contributed by atoms with van der Waals surface area (Å²) in [5.41, 5.74) is 0.938. The molecule has 0 saturated heterocycles. The molecule has 0 spiro atoms. The molecule has 5 heteroatoms. The fourth-order valence-electron chi connectivity index (χ4n) is 1.65. The number of benzene rings is 1. The molecule has 1 aromatic heterocycles. The number of hydrogen-bond acceptors (Lipinski definition) is 4. The molecule has 1 aromatic carbocycles. The Morgan fingerprint density at radius 2 is 2.28 bits per heavy atom. The van der Waals surface area contributed by atoms with Crippen molar-refractivity contribution >= 4 is 27.5 Å². The standard InChI is InChI=1S/C13H15NO3S/c1-3-10(13(15)16)17-8-5-6-9-11(7-8)18-12(4-2)14-9/h5-7,10H,3-4H2,1-2H3,(H,15,16). The third-order valence-electron chi connectivity index (χ3n) is 2.63. The molecule has 1 unspecified atom stereocenters. The van der Waals surface area contributed by atoms with Crippen molar-refractivity contribution < 1.29 is 14.6 Å². The molecular weight excluding hydrogens is 250 g/mol. The van der Waals surface area contributed by atoms with Gasteiger partial charge in [-0.1, -0.05) is 13.8 Å². The van der Waals surface area contributed by atoms with Crippen LogP contribution in [0.15, 0.2) is 18.2 Å². The number of aryl methyl sites for hydroxylation is 1. The van der Waals surface area contributed by atoms with E-state index in [2.05, 4.69) is 11.9 Å². The third kappa shape index (κ3) is 2.61. The SMILES string of the molecule is CCc1nc2ccc(OC(CC)C(=O)O)cc2s1. The minimum atomic E-state index is -0.934. The second-order valence-corrected chi connectivity index (χ2v) is 5.06. The van der Waals surface area contributed by atoms with Crippen molar-refractivity contribution in [2.75, 3.05) is 0 Å². The van der Waals surface area contributed by atoms with Gasteiger partial charge >= 0.3 is 5.97 Å². The number of aromatic nitrogens is 1. The molecule has 0 bridgehead atoms. The molecule has 0 aliphatic heterocycles. The Hall–Kier alpha value is -1.62. The van der Waals surface area contributed by atoms with E-state index < -0.39 is 12.1 Å². The smallest absolute Gasteiger partial charge is 0.344 e. The van der Waals surface area contributed by atoms with Gasteiger partial charge in [0.1, 0.15) is 5.75 Å². The largest absolute Gasteiger partial charge is 0.479 e. The van der Waals surface area contributed by atoms with E-state index in [-0.39, 0.29) is 0 Å². The average molecular weight is 265 g/mol. The van der Waals surface area contributed by atoms with Crippen LogP contribution >= 0.6 is 11.3 Å². The highest BCUT2D eigenvalue weighted by atomic mass is 32.1. The van der Waals surface area contributed by atoms with Crippen molar-refractivity contribution in [1.82, 2.24) is 4.98 Å². The number of carboxylic acids is 1. The molecule has 96 valence electrons. The van der Waals surface area contributed by atoms with E-state index >= 15 is 0 Å². The van der Waals surface area contributed by atoms with Crippen LogP contribution in [0.1, 0.15) is 25.3 Å². The average Bonchev–Trinajstić information content (AvgIpc) is 2.77. The van der Waals surface area contributed by atoms with Crippen LogP contribution in [-0.4, -0.2) is 22.2 Å². The summed E-state index contributed by atoms with van der Waals surface area (Å²) in [6.45, 7) is 3.85. The summed E-state index contributed by atoms with van der Waals surface area (Å²) in [5, 5.41) is 10.0. The molecule has 0 aliphatic carbocycles. The Morgan fingerprint density at radius 1 is 1.50 bits per heavy atom. The second kappa shape index (κ2) is 5.35. The van der Waals surface area contributed by atoms with E-state index in [0.717, 1.165) is 21.6 Å². The van der Waals surface area contributed by atoms with Crippen LogP contribution in [-0.2, 0) is 11.2 Å². The van der Waals surface area contributed by atoms with Gasteiger partial charge in [0, 0.05) is 0 Å². The maximum Gasteiger partial charge on any atom is 0.344 e. The highest BCUT2D eigenvalue weighted by Gasteiger charge is 2.17. The normalized spacial score (nSPS) is 12.6. The quantitative estimate of drug-likeness (QED) is 0.902. The Labute approximate surface area is 109 Å². The minimum absolute atomic E-state index is 0.441. The van der Waals surface area contributed by atoms with E-state index in [1.54, 1.807) is 24.3 Å². The summed E-state index contributed by atoms with van der Waals surface area (Å²) in [6.07, 6.45) is 0.555. The summed E-state index contributed by atoms with van der Waals surface area (Å²) in [7, 11) is 0. The van der Waals surface area contributed by atoms with Crippen molar-refractivity contribution in [1.29, 1.82) is 0 Å². The van der Waals surface area contributed by atoms with E-state index in [9.17, 15) is 4.79 Å². The lowest BCUT2D eigenvalue weighted by Gasteiger charge is -2.12. The Kier molecular flexibility index (Phi) is 3.81. The van der Waals surface area contributed by atoms with Gasteiger partial charge in [-0.3, -0.25) is 0 Å². The van der Waals surface area contributed by atoms with Gasteiger partial charge in [0.15, 0.2) is 6.10 Å². The van der Waals surface area contributed by atoms with Gasteiger partial charge in [-0.15, -0.1) is 11.3 Å². The predicted molar refractivity (Wildman–Crippen MR) is 71.3 cm³/mol. The van der Waals surface area contributed by atoms with Crippen molar-refractivity contribution in [3.63, 3.8) is 0 Å². The summed E-state index contributed by atoms with van der Waals surface area (Å²) >= 11 is 1.62. The van der Waals surface area contributed by atoms with E-state index in [0.29, 0.717) is 12.2 Å². The van der Waals surface area contributed by atoms with E-state index in [4.69, 9.17) is 9.84 Å². The molecule has 1 N–H and O–H groups in total. The van der Waals surface area contributed by atoms with Gasteiger partial charge in [-0.2, -0.15) is 0 Å². The Morgan fingerprint density at radius 3 is 2.89 bits per heavy atom. The van der Waals surface area contributed by atoms with Gasteiger partial charge in [-0.05, 0) is 31.0 Å². The van der Waals surface area contributed by atoms with E-state index in [1.165, 1.54) is 0 Å². The highest BCUT2D eigenvalue weighted by molar-refractivity contribution is 7.18. The first kappa shape index (κ1) is 12.8. The molecular formula is C13H15NO3S. The maximum atomic E-state index is 10.9. The van der Waals surface area contributed by atoms with Crippen LogP contribution < -0.4 is 4.74 Å². The number of aliphatic carboxylic acids is 1. The molecule has 4 nitrogen and oxygen atoms in total. The van der Waals surface area contributed by atoms with Gasteiger partial charge in [-0.25, -0.2) is 9.78 Å². The summed E-state index contributed by atoms with van der Waals surface area (Å²) < 4.78 is 6.49. The maximum absolute atomic E-state index is 10.9. The van der Waals surface area contributed by atoms with Crippen LogP contribution in [0.25, 0.3) is 10.2 Å². The van der Waals surface area contributed by atoms with Gasteiger partial charge in [0.25, 0.3) is 0 Å². The van der Waals surface area contributed by atoms with E-state index in [1.807, 2.05) is 12.1 Å². The fourth-order valence-corrected chi connectivity index (χ4v) is 2.59. The monoisotopic (exact) mass is 265 g/mol. The molecule has 0 saturated carbocycles. The molecule has 0 aliphatic rings.